The summed E-state index contributed by atoms with van der Waals surface area (Å²) in [7, 11) is 1.99. The topological polar surface area (TPSA) is 45.6 Å². The van der Waals surface area contributed by atoms with Crippen LogP contribution in [0.25, 0.3) is 21.3 Å². The summed E-state index contributed by atoms with van der Waals surface area (Å²) in [4.78, 5) is 6.72. The molecule has 0 aliphatic carbocycles. The predicted molar refractivity (Wildman–Crippen MR) is 119 cm³/mol. The van der Waals surface area contributed by atoms with Crippen LogP contribution in [-0.4, -0.2) is 41.3 Å². The SMILES string of the molecule is CN(Cc1nc2ccccc2s1)CC(O)COc1ccc(-c2ccccc2)cc1. The zero-order valence-electron chi connectivity index (χ0n) is 16.4. The third-order valence-electron chi connectivity index (χ3n) is 4.67. The zero-order chi connectivity index (χ0) is 20.1. The average molecular weight is 405 g/mol. The molecule has 0 spiro atoms. The van der Waals surface area contributed by atoms with E-state index in [4.69, 9.17) is 4.74 Å². The lowest BCUT2D eigenvalue weighted by molar-refractivity contribution is 0.0744. The normalized spacial score (nSPS) is 12.4. The van der Waals surface area contributed by atoms with Gasteiger partial charge in [0.15, 0.2) is 0 Å². The number of aliphatic hydroxyl groups excluding tert-OH is 1. The van der Waals surface area contributed by atoms with Crippen molar-refractivity contribution in [1.29, 1.82) is 0 Å². The maximum Gasteiger partial charge on any atom is 0.119 e. The molecular weight excluding hydrogens is 380 g/mol. The van der Waals surface area contributed by atoms with Gasteiger partial charge in [0.05, 0.1) is 16.8 Å². The Kier molecular flexibility index (Phi) is 6.20. The summed E-state index contributed by atoms with van der Waals surface area (Å²) in [6.07, 6.45) is -0.567. The summed E-state index contributed by atoms with van der Waals surface area (Å²) in [6.45, 7) is 1.50. The van der Waals surface area contributed by atoms with Crippen LogP contribution in [0, 0.1) is 0 Å². The number of hydrogen-bond acceptors (Lipinski definition) is 5. The van der Waals surface area contributed by atoms with Crippen molar-refractivity contribution in [3.63, 3.8) is 0 Å². The number of nitrogens with zero attached hydrogens (tertiary/aromatic N) is 2. The number of aliphatic hydroxyl groups is 1. The fraction of sp³-hybridized carbons (Fsp3) is 0.208. The molecule has 29 heavy (non-hydrogen) atoms. The minimum atomic E-state index is -0.567. The van der Waals surface area contributed by atoms with Gasteiger partial charge in [-0.05, 0) is 42.4 Å². The second-order valence-electron chi connectivity index (χ2n) is 7.13. The lowest BCUT2D eigenvalue weighted by Crippen LogP contribution is -2.32. The van der Waals surface area contributed by atoms with Gasteiger partial charge in [-0.3, -0.25) is 4.90 Å². The molecule has 1 heterocycles. The van der Waals surface area contributed by atoms with E-state index in [0.29, 0.717) is 13.1 Å². The molecule has 4 aromatic rings. The molecule has 0 bridgehead atoms. The molecule has 0 radical (unpaired) electrons. The first-order chi connectivity index (χ1) is 14.2. The van der Waals surface area contributed by atoms with Crippen molar-refractivity contribution in [2.45, 2.75) is 12.6 Å². The van der Waals surface area contributed by atoms with Crippen LogP contribution in [0.15, 0.2) is 78.9 Å². The summed E-state index contributed by atoms with van der Waals surface area (Å²) in [5.74, 6) is 0.762. The minimum absolute atomic E-state index is 0.259. The highest BCUT2D eigenvalue weighted by Crippen LogP contribution is 2.23. The Morgan fingerprint density at radius 2 is 1.62 bits per heavy atom. The van der Waals surface area contributed by atoms with Crippen molar-refractivity contribution in [3.8, 4) is 16.9 Å². The van der Waals surface area contributed by atoms with Crippen LogP contribution in [0.4, 0.5) is 0 Å². The Bertz CT molecular complexity index is 1010. The van der Waals surface area contributed by atoms with Crippen LogP contribution in [0.1, 0.15) is 5.01 Å². The predicted octanol–water partition coefficient (Wildman–Crippen LogP) is 4.84. The number of likely N-dealkylation sites (N-methyl/N-ethyl adjacent to an activating group) is 1. The van der Waals surface area contributed by atoms with E-state index < -0.39 is 6.10 Å². The van der Waals surface area contributed by atoms with Crippen LogP contribution in [-0.2, 0) is 6.54 Å². The maximum absolute atomic E-state index is 10.3. The highest BCUT2D eigenvalue weighted by atomic mass is 32.1. The number of benzene rings is 3. The summed E-state index contributed by atoms with van der Waals surface area (Å²) < 4.78 is 6.96. The van der Waals surface area contributed by atoms with E-state index in [0.717, 1.165) is 21.8 Å². The lowest BCUT2D eigenvalue weighted by Gasteiger charge is -2.19. The molecule has 4 nitrogen and oxygen atoms in total. The van der Waals surface area contributed by atoms with E-state index in [2.05, 4.69) is 28.1 Å². The summed E-state index contributed by atoms with van der Waals surface area (Å²) in [5, 5.41) is 11.4. The van der Waals surface area contributed by atoms with Gasteiger partial charge < -0.3 is 9.84 Å². The lowest BCUT2D eigenvalue weighted by atomic mass is 10.1. The molecule has 3 aromatic carbocycles. The molecule has 0 fully saturated rings. The quantitative estimate of drug-likeness (QED) is 0.457. The van der Waals surface area contributed by atoms with E-state index >= 15 is 0 Å². The number of thiazole rings is 1. The number of para-hydroxylation sites is 1. The third kappa shape index (κ3) is 5.21. The van der Waals surface area contributed by atoms with Gasteiger partial charge in [-0.1, -0.05) is 54.6 Å². The van der Waals surface area contributed by atoms with Crippen LogP contribution in [0.2, 0.25) is 0 Å². The Labute approximate surface area is 175 Å². The highest BCUT2D eigenvalue weighted by molar-refractivity contribution is 7.18. The number of hydrogen-bond donors (Lipinski definition) is 1. The first-order valence-corrected chi connectivity index (χ1v) is 10.5. The molecule has 5 heteroatoms. The standard InChI is InChI=1S/C24H24N2O2S/c1-26(16-24-25-22-9-5-6-10-23(22)29-24)15-20(27)17-28-21-13-11-19(12-14-21)18-7-3-2-4-8-18/h2-14,20,27H,15-17H2,1H3. The molecule has 0 aliphatic heterocycles. The van der Waals surface area contributed by atoms with Gasteiger partial charge in [0.25, 0.3) is 0 Å². The van der Waals surface area contributed by atoms with Crippen molar-refractivity contribution in [1.82, 2.24) is 9.88 Å². The largest absolute Gasteiger partial charge is 0.491 e. The van der Waals surface area contributed by atoms with E-state index in [9.17, 15) is 5.11 Å². The maximum atomic E-state index is 10.3. The Morgan fingerprint density at radius 3 is 2.38 bits per heavy atom. The molecule has 0 aliphatic rings. The molecular formula is C24H24N2O2S. The zero-order valence-corrected chi connectivity index (χ0v) is 17.2. The minimum Gasteiger partial charge on any atom is -0.491 e. The van der Waals surface area contributed by atoms with Gasteiger partial charge in [0, 0.05) is 6.54 Å². The highest BCUT2D eigenvalue weighted by Gasteiger charge is 2.12. The molecule has 0 saturated carbocycles. The van der Waals surface area contributed by atoms with Crippen molar-refractivity contribution < 1.29 is 9.84 Å². The Morgan fingerprint density at radius 1 is 0.931 bits per heavy atom. The number of rotatable bonds is 8. The molecule has 1 N–H and O–H groups in total. The number of fused-ring (bicyclic) bond motifs is 1. The van der Waals surface area contributed by atoms with Gasteiger partial charge >= 0.3 is 0 Å². The fourth-order valence-electron chi connectivity index (χ4n) is 3.26. The molecule has 1 aromatic heterocycles. The van der Waals surface area contributed by atoms with Crippen molar-refractivity contribution in [2.75, 3.05) is 20.2 Å². The van der Waals surface area contributed by atoms with E-state index in [-0.39, 0.29) is 6.61 Å². The van der Waals surface area contributed by atoms with Gasteiger partial charge in [0.1, 0.15) is 23.5 Å². The smallest absolute Gasteiger partial charge is 0.119 e. The van der Waals surface area contributed by atoms with Gasteiger partial charge in [-0.15, -0.1) is 11.3 Å². The second-order valence-corrected chi connectivity index (χ2v) is 8.24. The molecule has 0 saturated heterocycles. The van der Waals surface area contributed by atoms with Crippen molar-refractivity contribution in [2.24, 2.45) is 0 Å². The average Bonchev–Trinajstić information content (AvgIpc) is 3.15. The van der Waals surface area contributed by atoms with E-state index in [1.165, 1.54) is 10.3 Å². The summed E-state index contributed by atoms with van der Waals surface area (Å²) >= 11 is 1.70. The van der Waals surface area contributed by atoms with Crippen molar-refractivity contribution in [3.05, 3.63) is 83.9 Å². The molecule has 1 unspecified atom stereocenters. The summed E-state index contributed by atoms with van der Waals surface area (Å²) in [6, 6.07) is 26.3. The van der Waals surface area contributed by atoms with Gasteiger partial charge in [-0.2, -0.15) is 0 Å². The molecule has 4 rings (SSSR count). The van der Waals surface area contributed by atoms with Crippen molar-refractivity contribution >= 4 is 21.6 Å². The van der Waals surface area contributed by atoms with Crippen LogP contribution >= 0.6 is 11.3 Å². The van der Waals surface area contributed by atoms with E-state index in [1.54, 1.807) is 11.3 Å². The molecule has 148 valence electrons. The van der Waals surface area contributed by atoms with Crippen LogP contribution < -0.4 is 4.74 Å². The second kappa shape index (κ2) is 9.18. The number of aromatic nitrogens is 1. The molecule has 1 atom stereocenters. The third-order valence-corrected chi connectivity index (χ3v) is 5.69. The first-order valence-electron chi connectivity index (χ1n) is 9.67. The monoisotopic (exact) mass is 404 g/mol. The van der Waals surface area contributed by atoms with Gasteiger partial charge in [-0.25, -0.2) is 4.98 Å². The fourth-order valence-corrected chi connectivity index (χ4v) is 4.31. The first kappa shape index (κ1) is 19.6. The van der Waals surface area contributed by atoms with Gasteiger partial charge in [0.2, 0.25) is 0 Å². The Hall–Kier alpha value is -2.73. The summed E-state index contributed by atoms with van der Waals surface area (Å²) in [5.41, 5.74) is 3.35. The molecule has 0 amide bonds. The van der Waals surface area contributed by atoms with E-state index in [1.807, 2.05) is 67.7 Å². The van der Waals surface area contributed by atoms with Crippen LogP contribution in [0.5, 0.6) is 5.75 Å². The number of ether oxygens (including phenoxy) is 1. The van der Waals surface area contributed by atoms with Crippen LogP contribution in [0.3, 0.4) is 0 Å². The Balaban J connectivity index is 1.26.